The van der Waals surface area contributed by atoms with Crippen LogP contribution in [0.15, 0.2) is 79.1 Å². The largest absolute Gasteiger partial charge is 0.367 e. The van der Waals surface area contributed by atoms with Gasteiger partial charge in [0.1, 0.15) is 17.6 Å². The molecule has 10 heteroatoms. The van der Waals surface area contributed by atoms with E-state index in [1.54, 1.807) is 22.8 Å². The number of anilines is 1. The molecule has 0 spiro atoms. The summed E-state index contributed by atoms with van der Waals surface area (Å²) >= 11 is 0. The summed E-state index contributed by atoms with van der Waals surface area (Å²) in [6, 6.07) is 24.2. The first-order valence-corrected chi connectivity index (χ1v) is 13.1. The van der Waals surface area contributed by atoms with Gasteiger partial charge >= 0.3 is 0 Å². The molecule has 10 nitrogen and oxygen atoms in total. The second-order valence-corrected chi connectivity index (χ2v) is 9.82. The summed E-state index contributed by atoms with van der Waals surface area (Å²) in [6.45, 7) is 2.79. The van der Waals surface area contributed by atoms with E-state index in [0.717, 1.165) is 55.0 Å². The molecule has 1 aliphatic heterocycles. The van der Waals surface area contributed by atoms with Crippen molar-refractivity contribution in [3.05, 3.63) is 96.1 Å². The van der Waals surface area contributed by atoms with Crippen LogP contribution in [0.4, 0.5) is 5.82 Å². The molecule has 1 saturated heterocycles. The molecular weight excluding hydrogens is 502 g/mol. The quantitative estimate of drug-likeness (QED) is 0.324. The normalized spacial score (nSPS) is 14.2. The van der Waals surface area contributed by atoms with Gasteiger partial charge in [0, 0.05) is 43.0 Å². The topological polar surface area (TPSA) is 138 Å². The number of rotatable bonds is 7. The molecule has 40 heavy (non-hydrogen) atoms. The average molecular weight is 530 g/mol. The Balaban J connectivity index is 1.17. The number of hydrogen-bond donors (Lipinski definition) is 2. The molecule has 2 aromatic carbocycles. The minimum atomic E-state index is -0.535. The maximum absolute atomic E-state index is 11.7. The van der Waals surface area contributed by atoms with Gasteiger partial charge in [-0.3, -0.25) is 9.69 Å². The number of imidazole rings is 1. The van der Waals surface area contributed by atoms with Crippen molar-refractivity contribution in [2.45, 2.75) is 25.4 Å². The molecule has 1 fully saturated rings. The van der Waals surface area contributed by atoms with Crippen molar-refractivity contribution in [3.8, 4) is 28.6 Å². The first kappa shape index (κ1) is 25.2. The van der Waals surface area contributed by atoms with E-state index in [2.05, 4.69) is 49.5 Å². The minimum Gasteiger partial charge on any atom is -0.367 e. The zero-order chi connectivity index (χ0) is 27.5. The fraction of sp³-hybridized carbons (Fsp3) is 0.200. The number of carbonyl (C=O) groups excluding carboxylic acids is 1. The third kappa shape index (κ3) is 5.23. The number of likely N-dealkylation sites (tertiary alicyclic amines) is 1. The molecule has 0 radical (unpaired) electrons. The predicted molar refractivity (Wildman–Crippen MR) is 151 cm³/mol. The number of carbonyl (C=O) groups is 1. The number of nitrogens with zero attached hydrogens (tertiary/aromatic N) is 7. The highest BCUT2D eigenvalue weighted by molar-refractivity contribution is 5.94. The molecule has 1 aliphatic rings. The van der Waals surface area contributed by atoms with Crippen molar-refractivity contribution in [2.75, 3.05) is 18.4 Å². The van der Waals surface area contributed by atoms with E-state index in [-0.39, 0.29) is 5.82 Å². The lowest BCUT2D eigenvalue weighted by atomic mass is 10.0. The predicted octanol–water partition coefficient (Wildman–Crippen LogP) is 3.90. The number of nitrogens with one attached hydrogen (secondary N) is 1. The summed E-state index contributed by atoms with van der Waals surface area (Å²) in [5.41, 5.74) is 11.2. The number of primary amides is 1. The van der Waals surface area contributed by atoms with E-state index < -0.39 is 5.91 Å². The number of aromatic nitrogens is 5. The molecular formula is C30H27N9O. The summed E-state index contributed by atoms with van der Waals surface area (Å²) in [7, 11) is 0. The van der Waals surface area contributed by atoms with Crippen molar-refractivity contribution >= 4 is 17.4 Å². The van der Waals surface area contributed by atoms with Gasteiger partial charge in [-0.2, -0.15) is 10.4 Å². The number of nitrogens with two attached hydrogens (primary N) is 1. The van der Waals surface area contributed by atoms with E-state index in [0.29, 0.717) is 23.1 Å². The van der Waals surface area contributed by atoms with E-state index in [9.17, 15) is 4.79 Å². The molecule has 0 bridgehead atoms. The maximum Gasteiger partial charge on any atom is 0.250 e. The summed E-state index contributed by atoms with van der Waals surface area (Å²) in [5, 5.41) is 16.9. The highest BCUT2D eigenvalue weighted by Gasteiger charge is 2.21. The molecule has 4 heterocycles. The number of benzene rings is 2. The molecule has 0 atom stereocenters. The van der Waals surface area contributed by atoms with Crippen molar-refractivity contribution < 1.29 is 4.79 Å². The number of nitriles is 1. The van der Waals surface area contributed by atoms with Crippen LogP contribution in [0.2, 0.25) is 0 Å². The molecule has 5 aromatic rings. The summed E-state index contributed by atoms with van der Waals surface area (Å²) < 4.78 is 1.76. The lowest BCUT2D eigenvalue weighted by Gasteiger charge is -2.32. The van der Waals surface area contributed by atoms with E-state index in [1.807, 2.05) is 36.4 Å². The van der Waals surface area contributed by atoms with Gasteiger partial charge in [-0.05, 0) is 30.5 Å². The minimum absolute atomic E-state index is 0.178. The van der Waals surface area contributed by atoms with Crippen LogP contribution in [0.25, 0.3) is 28.2 Å². The van der Waals surface area contributed by atoms with Gasteiger partial charge in [-0.25, -0.2) is 19.5 Å². The third-order valence-electron chi connectivity index (χ3n) is 7.14. The Morgan fingerprint density at radius 1 is 1.02 bits per heavy atom. The Bertz CT molecular complexity index is 1700. The molecule has 3 N–H and O–H groups in total. The van der Waals surface area contributed by atoms with Crippen molar-refractivity contribution in [3.63, 3.8) is 0 Å². The SMILES string of the molecule is N#Cc1nccc(NC2CCN(Cc3ccc(-c4nc5cc(C(N)=O)cnn5c4-c4ccccc4)cc3)CC2)n1. The summed E-state index contributed by atoms with van der Waals surface area (Å²) in [4.78, 5) is 27.2. The molecule has 0 aliphatic carbocycles. The molecule has 0 saturated carbocycles. The standard InChI is InChI=1S/C30H27N9O/c31-17-26-33-13-10-25(36-26)35-24-11-14-38(15-12-24)19-20-6-8-21(9-7-20)28-29(22-4-2-1-3-5-22)39-27(37-28)16-23(18-34-39)30(32)40/h1-10,13,16,18,24H,11-12,14-15,19H2,(H2,32,40)(H,33,35,36). The first-order chi connectivity index (χ1) is 19.6. The van der Waals surface area contributed by atoms with Gasteiger partial charge in [0.2, 0.25) is 11.7 Å². The van der Waals surface area contributed by atoms with Crippen LogP contribution in [0.3, 0.4) is 0 Å². The third-order valence-corrected chi connectivity index (χ3v) is 7.14. The van der Waals surface area contributed by atoms with E-state index >= 15 is 0 Å². The second kappa shape index (κ2) is 10.9. The molecule has 198 valence electrons. The van der Waals surface area contributed by atoms with Gasteiger partial charge in [0.15, 0.2) is 5.65 Å². The zero-order valence-corrected chi connectivity index (χ0v) is 21.7. The van der Waals surface area contributed by atoms with Crippen molar-refractivity contribution in [1.82, 2.24) is 29.5 Å². The fourth-order valence-corrected chi connectivity index (χ4v) is 5.09. The van der Waals surface area contributed by atoms with Gasteiger partial charge in [0.25, 0.3) is 0 Å². The molecule has 1 amide bonds. The van der Waals surface area contributed by atoms with Crippen LogP contribution in [-0.2, 0) is 6.54 Å². The van der Waals surface area contributed by atoms with Crippen molar-refractivity contribution in [2.24, 2.45) is 5.73 Å². The molecule has 6 rings (SSSR count). The monoisotopic (exact) mass is 529 g/mol. The molecule has 3 aromatic heterocycles. The Kier molecular flexibility index (Phi) is 6.87. The van der Waals surface area contributed by atoms with Crippen LogP contribution >= 0.6 is 0 Å². The first-order valence-electron chi connectivity index (χ1n) is 13.1. The van der Waals surface area contributed by atoms with Crippen molar-refractivity contribution in [1.29, 1.82) is 5.26 Å². The Hall–Kier alpha value is -5.14. The van der Waals surface area contributed by atoms with Crippen LogP contribution in [-0.4, -0.2) is 54.5 Å². The highest BCUT2D eigenvalue weighted by atomic mass is 16.1. The van der Waals surface area contributed by atoms with Gasteiger partial charge in [-0.15, -0.1) is 0 Å². The Morgan fingerprint density at radius 2 is 1.80 bits per heavy atom. The lowest BCUT2D eigenvalue weighted by Crippen LogP contribution is -2.38. The van der Waals surface area contributed by atoms with E-state index in [4.69, 9.17) is 16.0 Å². The van der Waals surface area contributed by atoms with Crippen LogP contribution in [0.1, 0.15) is 34.6 Å². The van der Waals surface area contributed by atoms with Gasteiger partial charge < -0.3 is 11.1 Å². The Morgan fingerprint density at radius 3 is 2.52 bits per heavy atom. The number of amides is 1. The summed E-state index contributed by atoms with van der Waals surface area (Å²) in [6.07, 6.45) is 5.07. The number of fused-ring (bicyclic) bond motifs is 1. The van der Waals surface area contributed by atoms with Gasteiger partial charge in [0.05, 0.1) is 17.5 Å². The van der Waals surface area contributed by atoms with Crippen LogP contribution < -0.4 is 11.1 Å². The lowest BCUT2D eigenvalue weighted by molar-refractivity contribution is 0.1000. The number of piperidine rings is 1. The van der Waals surface area contributed by atoms with Crippen LogP contribution in [0.5, 0.6) is 0 Å². The summed E-state index contributed by atoms with van der Waals surface area (Å²) in [5.74, 6) is 0.340. The molecule has 0 unspecified atom stereocenters. The Labute approximate surface area is 231 Å². The average Bonchev–Trinajstić information content (AvgIpc) is 3.38. The highest BCUT2D eigenvalue weighted by Crippen LogP contribution is 2.32. The smallest absolute Gasteiger partial charge is 0.250 e. The maximum atomic E-state index is 11.7. The van der Waals surface area contributed by atoms with Gasteiger partial charge in [-0.1, -0.05) is 54.6 Å². The number of hydrogen-bond acceptors (Lipinski definition) is 8. The fourth-order valence-electron chi connectivity index (χ4n) is 5.09. The second-order valence-electron chi connectivity index (χ2n) is 9.82. The van der Waals surface area contributed by atoms with E-state index in [1.165, 1.54) is 11.8 Å². The van der Waals surface area contributed by atoms with Crippen LogP contribution in [0, 0.1) is 11.3 Å². The zero-order valence-electron chi connectivity index (χ0n) is 21.7.